The molecule has 112 valence electrons. The van der Waals surface area contributed by atoms with Crippen molar-refractivity contribution in [1.29, 1.82) is 0 Å². The van der Waals surface area contributed by atoms with E-state index >= 15 is 0 Å². The van der Waals surface area contributed by atoms with E-state index in [1.54, 1.807) is 29.5 Å². The number of nitrogens with zero attached hydrogens (tertiary/aromatic N) is 2. The van der Waals surface area contributed by atoms with Gasteiger partial charge in [-0.3, -0.25) is 9.36 Å². The lowest BCUT2D eigenvalue weighted by molar-refractivity contribution is 0.411. The van der Waals surface area contributed by atoms with Crippen LogP contribution in [-0.4, -0.2) is 13.3 Å². The zero-order chi connectivity index (χ0) is 15.6. The Morgan fingerprint density at radius 2 is 1.86 bits per heavy atom. The summed E-state index contributed by atoms with van der Waals surface area (Å²) in [4.78, 5) is 24.6. The largest absolute Gasteiger partial charge is 0.335 e. The van der Waals surface area contributed by atoms with Crippen LogP contribution in [0.5, 0.6) is 0 Å². The van der Waals surface area contributed by atoms with Gasteiger partial charge in [-0.1, -0.05) is 6.92 Å². The van der Waals surface area contributed by atoms with Crippen molar-refractivity contribution in [3.8, 4) is 5.69 Å². The van der Waals surface area contributed by atoms with Crippen molar-refractivity contribution in [2.24, 2.45) is 0 Å². The fourth-order valence-electron chi connectivity index (χ4n) is 2.00. The highest BCUT2D eigenvalue weighted by molar-refractivity contribution is 14.1. The molecule has 0 saturated heterocycles. The SMILES string of the molecule is CCc1cn(CC(F)I)c(=O)n(-c2ccc(F)cc2)c1=O. The summed E-state index contributed by atoms with van der Waals surface area (Å²) in [6.07, 6.45) is 1.80. The minimum Gasteiger partial charge on any atom is -0.296 e. The maximum Gasteiger partial charge on any atom is 0.335 e. The highest BCUT2D eigenvalue weighted by Gasteiger charge is 2.14. The maximum atomic E-state index is 13.2. The van der Waals surface area contributed by atoms with Crippen molar-refractivity contribution in [3.05, 3.63) is 62.7 Å². The number of hydrogen-bond acceptors (Lipinski definition) is 2. The quantitative estimate of drug-likeness (QED) is 0.579. The van der Waals surface area contributed by atoms with Gasteiger partial charge < -0.3 is 0 Å². The van der Waals surface area contributed by atoms with Crippen LogP contribution in [0.3, 0.4) is 0 Å². The minimum atomic E-state index is -1.25. The molecule has 7 heteroatoms. The van der Waals surface area contributed by atoms with Crippen molar-refractivity contribution in [3.63, 3.8) is 0 Å². The summed E-state index contributed by atoms with van der Waals surface area (Å²) in [5, 5.41) is 0. The van der Waals surface area contributed by atoms with Crippen LogP contribution in [-0.2, 0) is 13.0 Å². The van der Waals surface area contributed by atoms with Crippen LogP contribution in [0.1, 0.15) is 12.5 Å². The molecule has 0 saturated carbocycles. The standard InChI is InChI=1S/C14H13F2IN2O2/c1-2-9-7-18(8-12(16)17)14(21)19(13(9)20)11-5-3-10(15)4-6-11/h3-7,12H,2,8H2,1H3. The van der Waals surface area contributed by atoms with Gasteiger partial charge in [-0.15, -0.1) is 0 Å². The van der Waals surface area contributed by atoms with E-state index in [0.717, 1.165) is 4.57 Å². The van der Waals surface area contributed by atoms with Crippen LogP contribution in [0.25, 0.3) is 5.69 Å². The van der Waals surface area contributed by atoms with Crippen LogP contribution in [0.4, 0.5) is 8.78 Å². The lowest BCUT2D eigenvalue weighted by Gasteiger charge is -2.12. The Morgan fingerprint density at radius 3 is 2.38 bits per heavy atom. The van der Waals surface area contributed by atoms with Gasteiger partial charge in [-0.25, -0.2) is 18.1 Å². The van der Waals surface area contributed by atoms with Gasteiger partial charge in [0.05, 0.1) is 12.2 Å². The minimum absolute atomic E-state index is 0.145. The molecular formula is C14H13F2IN2O2. The second-order valence-electron chi connectivity index (χ2n) is 4.45. The lowest BCUT2D eigenvalue weighted by atomic mass is 10.2. The number of halogens is 3. The fraction of sp³-hybridized carbons (Fsp3) is 0.286. The van der Waals surface area contributed by atoms with Crippen LogP contribution in [0.2, 0.25) is 0 Å². The molecule has 1 aromatic carbocycles. The van der Waals surface area contributed by atoms with Crippen molar-refractivity contribution >= 4 is 22.6 Å². The third-order valence-electron chi connectivity index (χ3n) is 3.03. The third kappa shape index (κ3) is 3.39. The molecular weight excluding hydrogens is 393 g/mol. The second kappa shape index (κ2) is 6.50. The summed E-state index contributed by atoms with van der Waals surface area (Å²) in [6.45, 7) is 1.63. The van der Waals surface area contributed by atoms with E-state index in [-0.39, 0.29) is 12.2 Å². The summed E-state index contributed by atoms with van der Waals surface area (Å²) in [5.74, 6) is -0.463. The number of benzene rings is 1. The van der Waals surface area contributed by atoms with Gasteiger partial charge in [-0.05, 0) is 53.3 Å². The van der Waals surface area contributed by atoms with Gasteiger partial charge in [0, 0.05) is 11.8 Å². The first kappa shape index (κ1) is 15.9. The first-order valence-electron chi connectivity index (χ1n) is 6.33. The average Bonchev–Trinajstić information content (AvgIpc) is 2.43. The molecule has 1 aromatic heterocycles. The molecule has 0 spiro atoms. The van der Waals surface area contributed by atoms with Crippen LogP contribution in [0, 0.1) is 5.82 Å². The van der Waals surface area contributed by atoms with Gasteiger partial charge in [0.1, 0.15) is 5.82 Å². The zero-order valence-electron chi connectivity index (χ0n) is 11.2. The molecule has 1 heterocycles. The molecule has 1 atom stereocenters. The maximum absolute atomic E-state index is 13.2. The highest BCUT2D eigenvalue weighted by Crippen LogP contribution is 2.07. The molecule has 4 nitrogen and oxygen atoms in total. The summed E-state index contributed by atoms with van der Waals surface area (Å²) in [7, 11) is 0. The first-order valence-corrected chi connectivity index (χ1v) is 7.58. The second-order valence-corrected chi connectivity index (χ2v) is 5.80. The third-order valence-corrected chi connectivity index (χ3v) is 3.42. The van der Waals surface area contributed by atoms with E-state index in [1.807, 2.05) is 0 Å². The molecule has 0 N–H and O–H groups in total. The average molecular weight is 406 g/mol. The van der Waals surface area contributed by atoms with Gasteiger partial charge >= 0.3 is 5.69 Å². The molecule has 2 rings (SSSR count). The monoisotopic (exact) mass is 406 g/mol. The Labute approximate surface area is 133 Å². The summed E-state index contributed by atoms with van der Waals surface area (Å²) >= 11 is 1.56. The molecule has 0 fully saturated rings. The van der Waals surface area contributed by atoms with Crippen LogP contribution >= 0.6 is 22.6 Å². The van der Waals surface area contributed by atoms with Crippen molar-refractivity contribution < 1.29 is 8.78 Å². The molecule has 0 aliphatic heterocycles. The van der Waals surface area contributed by atoms with E-state index in [1.165, 1.54) is 35.0 Å². The van der Waals surface area contributed by atoms with Gasteiger partial charge in [0.25, 0.3) is 5.56 Å². The molecule has 0 radical (unpaired) electrons. The number of aromatic nitrogens is 2. The Bertz CT molecular complexity index is 751. The van der Waals surface area contributed by atoms with Crippen LogP contribution < -0.4 is 11.2 Å². The molecule has 0 amide bonds. The molecule has 0 bridgehead atoms. The normalized spacial score (nSPS) is 12.4. The van der Waals surface area contributed by atoms with Crippen molar-refractivity contribution in [2.75, 3.05) is 0 Å². The van der Waals surface area contributed by atoms with Crippen molar-refractivity contribution in [1.82, 2.24) is 9.13 Å². The van der Waals surface area contributed by atoms with Gasteiger partial charge in [-0.2, -0.15) is 0 Å². The first-order chi connectivity index (χ1) is 9.93. The Hall–Kier alpha value is -1.51. The van der Waals surface area contributed by atoms with Gasteiger partial charge in [0.2, 0.25) is 0 Å². The smallest absolute Gasteiger partial charge is 0.296 e. The van der Waals surface area contributed by atoms with E-state index < -0.39 is 21.2 Å². The number of alkyl halides is 2. The topological polar surface area (TPSA) is 44.0 Å². The summed E-state index contributed by atoms with van der Waals surface area (Å²) < 4.78 is 27.0. The van der Waals surface area contributed by atoms with Crippen molar-refractivity contribution in [2.45, 2.75) is 24.1 Å². The summed E-state index contributed by atoms with van der Waals surface area (Å²) in [6, 6.07) is 5.03. The fourth-order valence-corrected chi connectivity index (χ4v) is 2.42. The Balaban J connectivity index is 2.71. The molecule has 1 unspecified atom stereocenters. The summed E-state index contributed by atoms with van der Waals surface area (Å²) in [5.41, 5.74) is -0.437. The Morgan fingerprint density at radius 1 is 1.24 bits per heavy atom. The van der Waals surface area contributed by atoms with Gasteiger partial charge in [0.15, 0.2) is 4.18 Å². The number of aryl methyl sites for hydroxylation is 1. The van der Waals surface area contributed by atoms with E-state index in [0.29, 0.717) is 12.0 Å². The van der Waals surface area contributed by atoms with E-state index in [2.05, 4.69) is 0 Å². The van der Waals surface area contributed by atoms with E-state index in [4.69, 9.17) is 0 Å². The zero-order valence-corrected chi connectivity index (χ0v) is 13.4. The van der Waals surface area contributed by atoms with Crippen LogP contribution in [0.15, 0.2) is 40.1 Å². The molecule has 0 aliphatic rings. The lowest BCUT2D eigenvalue weighted by Crippen LogP contribution is -2.40. The van der Waals surface area contributed by atoms with E-state index in [9.17, 15) is 18.4 Å². The Kier molecular flexibility index (Phi) is 4.92. The predicted molar refractivity (Wildman–Crippen MR) is 84.6 cm³/mol. The molecule has 0 aliphatic carbocycles. The molecule has 21 heavy (non-hydrogen) atoms. The highest BCUT2D eigenvalue weighted by atomic mass is 127. The predicted octanol–water partition coefficient (Wildman–Crippen LogP) is 2.43. The number of rotatable bonds is 4. The molecule has 2 aromatic rings. The number of hydrogen-bond donors (Lipinski definition) is 0.